The van der Waals surface area contributed by atoms with Crippen LogP contribution in [-0.2, 0) is 9.59 Å². The van der Waals surface area contributed by atoms with Crippen molar-refractivity contribution in [2.45, 2.75) is 31.3 Å². The summed E-state index contributed by atoms with van der Waals surface area (Å²) in [7, 11) is 2.27. The molecule has 2 unspecified atom stereocenters. The highest BCUT2D eigenvalue weighted by atomic mass is 35.5. The number of rotatable bonds is 4. The molecule has 0 saturated carbocycles. The number of hydrogen-bond acceptors (Lipinski definition) is 6. The van der Waals surface area contributed by atoms with Crippen LogP contribution in [0.15, 0.2) is 48.6 Å². The number of fused-ring (bicyclic) bond motifs is 2. The van der Waals surface area contributed by atoms with Gasteiger partial charge >= 0.3 is 11.9 Å². The molecule has 2 bridgehead atoms. The Morgan fingerprint density at radius 1 is 0.968 bits per heavy atom. The summed E-state index contributed by atoms with van der Waals surface area (Å²) in [5, 5.41) is 25.3. The second-order valence-electron chi connectivity index (χ2n) is 7.60. The van der Waals surface area contributed by atoms with Crippen LogP contribution in [0.2, 0.25) is 5.02 Å². The Bertz CT molecular complexity index is 904. The van der Waals surface area contributed by atoms with Gasteiger partial charge in [-0.15, -0.1) is 10.2 Å². The number of carbonyl (C=O) groups is 2. The molecular weight excluding hydrogens is 420 g/mol. The highest BCUT2D eigenvalue weighted by molar-refractivity contribution is 6.30. The van der Waals surface area contributed by atoms with Crippen molar-refractivity contribution in [1.29, 1.82) is 0 Å². The Morgan fingerprint density at radius 3 is 2.03 bits per heavy atom. The van der Waals surface area contributed by atoms with E-state index in [9.17, 15) is 9.59 Å². The fourth-order valence-corrected chi connectivity index (χ4v) is 4.04. The summed E-state index contributed by atoms with van der Waals surface area (Å²) in [6.07, 6.45) is 5.05. The molecule has 4 rings (SSSR count). The Labute approximate surface area is 185 Å². The molecule has 2 aromatic rings. The Balaban J connectivity index is 0.000000293. The third-order valence-corrected chi connectivity index (χ3v) is 5.82. The zero-order valence-electron chi connectivity index (χ0n) is 17.2. The average molecular weight is 445 g/mol. The number of benzene rings is 1. The van der Waals surface area contributed by atoms with E-state index in [0.29, 0.717) is 24.2 Å². The third kappa shape index (κ3) is 6.26. The van der Waals surface area contributed by atoms with Gasteiger partial charge in [0, 0.05) is 47.9 Å². The van der Waals surface area contributed by atoms with E-state index < -0.39 is 11.9 Å². The Hall–Kier alpha value is -2.97. The van der Waals surface area contributed by atoms with Crippen molar-refractivity contribution in [3.63, 3.8) is 0 Å². The number of aliphatic carboxylic acids is 2. The number of anilines is 1. The van der Waals surface area contributed by atoms with E-state index in [1.54, 1.807) is 0 Å². The van der Waals surface area contributed by atoms with Crippen LogP contribution >= 0.6 is 11.6 Å². The highest BCUT2D eigenvalue weighted by Gasteiger charge is 2.35. The Kier molecular flexibility index (Phi) is 7.59. The topological polar surface area (TPSA) is 107 Å². The summed E-state index contributed by atoms with van der Waals surface area (Å²) in [4.78, 5) is 24.1. The molecule has 2 aliphatic rings. The fourth-order valence-electron chi connectivity index (χ4n) is 3.92. The predicted molar refractivity (Wildman–Crippen MR) is 118 cm³/mol. The largest absolute Gasteiger partial charge is 0.478 e. The van der Waals surface area contributed by atoms with Gasteiger partial charge in [0.25, 0.3) is 0 Å². The van der Waals surface area contributed by atoms with E-state index >= 15 is 0 Å². The number of likely N-dealkylation sites (N-methyl/N-ethyl adjacent to an activating group) is 1. The standard InChI is InChI=1S/C18H21ClN4.C4H4O4/c1-22-15-3-2-4-16(22)12-23(11-15)18-10-9-17(20-21-18)13-5-7-14(19)8-6-13;5-3(6)1-2-4(7)8/h5-10,15-16H,2-4,11-12H2,1H3;1-2H,(H,5,6)(H,7,8)/b;2-1+. The Morgan fingerprint density at radius 2 is 1.55 bits per heavy atom. The zero-order chi connectivity index (χ0) is 22.4. The maximum atomic E-state index is 9.55. The van der Waals surface area contributed by atoms with Crippen LogP contribution in [0.5, 0.6) is 0 Å². The summed E-state index contributed by atoms with van der Waals surface area (Å²) in [6, 6.07) is 13.2. The van der Waals surface area contributed by atoms with Crippen LogP contribution in [0, 0.1) is 0 Å². The second kappa shape index (κ2) is 10.4. The first-order valence-electron chi connectivity index (χ1n) is 10.0. The molecule has 2 fully saturated rings. The number of halogens is 1. The molecule has 0 spiro atoms. The van der Waals surface area contributed by atoms with Crippen molar-refractivity contribution in [2.24, 2.45) is 0 Å². The van der Waals surface area contributed by atoms with Gasteiger partial charge in [0.2, 0.25) is 0 Å². The van der Waals surface area contributed by atoms with Gasteiger partial charge in [0.1, 0.15) is 0 Å². The number of carboxylic acid groups (broad SMARTS) is 2. The lowest BCUT2D eigenvalue weighted by molar-refractivity contribution is -0.134. The number of aromatic nitrogens is 2. The van der Waals surface area contributed by atoms with E-state index in [-0.39, 0.29) is 0 Å². The highest BCUT2D eigenvalue weighted by Crippen LogP contribution is 2.29. The summed E-state index contributed by atoms with van der Waals surface area (Å²) in [5.41, 5.74) is 1.93. The first-order chi connectivity index (χ1) is 14.8. The number of nitrogens with zero attached hydrogens (tertiary/aromatic N) is 4. The first kappa shape index (κ1) is 22.7. The maximum Gasteiger partial charge on any atom is 0.328 e. The van der Waals surface area contributed by atoms with Crippen molar-refractivity contribution in [3.05, 3.63) is 53.6 Å². The summed E-state index contributed by atoms with van der Waals surface area (Å²) >= 11 is 5.94. The molecule has 31 heavy (non-hydrogen) atoms. The van der Waals surface area contributed by atoms with Crippen molar-refractivity contribution >= 4 is 29.4 Å². The van der Waals surface area contributed by atoms with Gasteiger partial charge in [0.05, 0.1) is 5.69 Å². The number of piperidine rings is 1. The van der Waals surface area contributed by atoms with Gasteiger partial charge in [-0.25, -0.2) is 9.59 Å². The number of carboxylic acids is 2. The van der Waals surface area contributed by atoms with Gasteiger partial charge in [-0.05, 0) is 44.2 Å². The van der Waals surface area contributed by atoms with Crippen LogP contribution in [0.4, 0.5) is 5.82 Å². The van der Waals surface area contributed by atoms with Gasteiger partial charge in [-0.3, -0.25) is 4.90 Å². The molecule has 3 heterocycles. The van der Waals surface area contributed by atoms with Crippen molar-refractivity contribution in [2.75, 3.05) is 25.0 Å². The van der Waals surface area contributed by atoms with Gasteiger partial charge < -0.3 is 15.1 Å². The van der Waals surface area contributed by atoms with Crippen LogP contribution in [-0.4, -0.2) is 69.5 Å². The van der Waals surface area contributed by atoms with E-state index in [1.807, 2.05) is 24.3 Å². The van der Waals surface area contributed by atoms with Crippen LogP contribution in [0.3, 0.4) is 0 Å². The minimum atomic E-state index is -1.26. The van der Waals surface area contributed by atoms with E-state index in [4.69, 9.17) is 21.8 Å². The monoisotopic (exact) mass is 444 g/mol. The van der Waals surface area contributed by atoms with Gasteiger partial charge in [-0.1, -0.05) is 30.2 Å². The van der Waals surface area contributed by atoms with Crippen molar-refractivity contribution < 1.29 is 19.8 Å². The van der Waals surface area contributed by atoms with E-state index in [1.165, 1.54) is 19.3 Å². The molecule has 1 aromatic heterocycles. The maximum absolute atomic E-state index is 9.55. The molecular formula is C22H25ClN4O4. The number of piperazine rings is 1. The first-order valence-corrected chi connectivity index (χ1v) is 10.4. The lowest BCUT2D eigenvalue weighted by Crippen LogP contribution is -2.59. The lowest BCUT2D eigenvalue weighted by atomic mass is 9.92. The van der Waals surface area contributed by atoms with E-state index in [2.05, 4.69) is 39.2 Å². The van der Waals surface area contributed by atoms with E-state index in [0.717, 1.165) is 35.2 Å². The molecule has 1 aromatic carbocycles. The summed E-state index contributed by atoms with van der Waals surface area (Å²) in [5.74, 6) is -1.52. The van der Waals surface area contributed by atoms with Crippen molar-refractivity contribution in [1.82, 2.24) is 15.1 Å². The summed E-state index contributed by atoms with van der Waals surface area (Å²) in [6.45, 7) is 2.12. The predicted octanol–water partition coefficient (Wildman–Crippen LogP) is 3.18. The normalized spacial score (nSPS) is 20.8. The molecule has 164 valence electrons. The minimum absolute atomic E-state index is 0.558. The molecule has 2 aliphatic heterocycles. The SMILES string of the molecule is CN1C2CCCC1CN(c1ccc(-c3ccc(Cl)cc3)nn1)C2.O=C(O)/C=C/C(=O)O. The second-order valence-corrected chi connectivity index (χ2v) is 8.04. The molecule has 2 saturated heterocycles. The molecule has 9 heteroatoms. The third-order valence-electron chi connectivity index (χ3n) is 5.57. The van der Waals surface area contributed by atoms with Crippen LogP contribution in [0.1, 0.15) is 19.3 Å². The molecule has 0 aliphatic carbocycles. The molecule has 0 radical (unpaired) electrons. The van der Waals surface area contributed by atoms with Crippen molar-refractivity contribution in [3.8, 4) is 11.3 Å². The van der Waals surface area contributed by atoms with Crippen LogP contribution < -0.4 is 4.90 Å². The van der Waals surface area contributed by atoms with Crippen LogP contribution in [0.25, 0.3) is 11.3 Å². The smallest absolute Gasteiger partial charge is 0.328 e. The quantitative estimate of drug-likeness (QED) is 0.692. The molecule has 2 atom stereocenters. The lowest BCUT2D eigenvalue weighted by Gasteiger charge is -2.48. The van der Waals surface area contributed by atoms with Gasteiger partial charge in [0.15, 0.2) is 5.82 Å². The molecule has 8 nitrogen and oxygen atoms in total. The number of hydrogen-bond donors (Lipinski definition) is 2. The molecule has 0 amide bonds. The minimum Gasteiger partial charge on any atom is -0.478 e. The average Bonchev–Trinajstić information content (AvgIpc) is 2.73. The molecule has 2 N–H and O–H groups in total. The summed E-state index contributed by atoms with van der Waals surface area (Å²) < 4.78 is 0. The zero-order valence-corrected chi connectivity index (χ0v) is 17.9. The van der Waals surface area contributed by atoms with Gasteiger partial charge in [-0.2, -0.15) is 0 Å². The fraction of sp³-hybridized carbons (Fsp3) is 0.364.